The highest BCUT2D eigenvalue weighted by molar-refractivity contribution is 5.35. The second kappa shape index (κ2) is 5.53. The molecule has 114 valence electrons. The molecule has 0 saturated heterocycles. The van der Waals surface area contributed by atoms with Crippen molar-refractivity contribution in [1.82, 2.24) is 0 Å². The van der Waals surface area contributed by atoms with E-state index in [1.54, 1.807) is 0 Å². The van der Waals surface area contributed by atoms with Gasteiger partial charge in [0.2, 0.25) is 0 Å². The van der Waals surface area contributed by atoms with E-state index in [9.17, 15) is 10.2 Å². The summed E-state index contributed by atoms with van der Waals surface area (Å²) in [6.45, 7) is 0. The summed E-state index contributed by atoms with van der Waals surface area (Å²) < 4.78 is 0. The monoisotopic (exact) mass is 294 g/mol. The van der Waals surface area contributed by atoms with Gasteiger partial charge in [-0.05, 0) is 59.8 Å². The van der Waals surface area contributed by atoms with E-state index in [-0.39, 0.29) is 12.2 Å². The van der Waals surface area contributed by atoms with Crippen molar-refractivity contribution in [2.45, 2.75) is 37.9 Å². The van der Waals surface area contributed by atoms with Gasteiger partial charge in [0.15, 0.2) is 0 Å². The Morgan fingerprint density at radius 3 is 1.50 bits per heavy atom. The van der Waals surface area contributed by atoms with Crippen molar-refractivity contribution in [3.05, 3.63) is 70.8 Å². The molecule has 2 aromatic carbocycles. The molecule has 0 spiro atoms. The van der Waals surface area contributed by atoms with Crippen LogP contribution in [0.15, 0.2) is 48.5 Å². The van der Waals surface area contributed by atoms with Crippen LogP contribution in [0.2, 0.25) is 0 Å². The van der Waals surface area contributed by atoms with Crippen LogP contribution in [-0.4, -0.2) is 10.2 Å². The maximum absolute atomic E-state index is 10.5. The third kappa shape index (κ3) is 2.27. The van der Waals surface area contributed by atoms with E-state index in [0.717, 1.165) is 36.8 Å². The molecule has 2 aliphatic rings. The van der Waals surface area contributed by atoms with Crippen LogP contribution in [0.5, 0.6) is 0 Å². The van der Waals surface area contributed by atoms with Crippen molar-refractivity contribution in [3.63, 3.8) is 0 Å². The number of fused-ring (bicyclic) bond motifs is 2. The van der Waals surface area contributed by atoms with E-state index >= 15 is 0 Å². The molecule has 0 aromatic heterocycles. The Labute approximate surface area is 131 Å². The van der Waals surface area contributed by atoms with Crippen molar-refractivity contribution in [2.24, 2.45) is 11.8 Å². The molecule has 2 heteroatoms. The topological polar surface area (TPSA) is 40.5 Å². The number of rotatable bonds is 3. The molecular formula is C20H22O2. The summed E-state index contributed by atoms with van der Waals surface area (Å²) >= 11 is 0. The zero-order chi connectivity index (χ0) is 15.1. The molecular weight excluding hydrogens is 272 g/mol. The summed E-state index contributed by atoms with van der Waals surface area (Å²) in [4.78, 5) is 0. The van der Waals surface area contributed by atoms with Gasteiger partial charge in [-0.3, -0.25) is 0 Å². The number of aliphatic hydroxyl groups excluding tert-OH is 2. The molecule has 2 nitrogen and oxygen atoms in total. The largest absolute Gasteiger partial charge is 0.388 e. The maximum atomic E-state index is 10.5. The van der Waals surface area contributed by atoms with Gasteiger partial charge in [0.05, 0.1) is 12.2 Å². The summed E-state index contributed by atoms with van der Waals surface area (Å²) in [6, 6.07) is 16.4. The van der Waals surface area contributed by atoms with Gasteiger partial charge < -0.3 is 10.2 Å². The molecule has 0 aliphatic heterocycles. The third-order valence-electron chi connectivity index (χ3n) is 5.51. The lowest BCUT2D eigenvalue weighted by atomic mass is 9.90. The fourth-order valence-electron chi connectivity index (χ4n) is 4.26. The number of aliphatic hydroxyl groups is 2. The van der Waals surface area contributed by atoms with E-state index < -0.39 is 0 Å². The van der Waals surface area contributed by atoms with Crippen LogP contribution in [0.3, 0.4) is 0 Å². The number of benzene rings is 2. The Bertz CT molecular complexity index is 619. The minimum absolute atomic E-state index is 0.299. The first kappa shape index (κ1) is 14.0. The molecule has 0 heterocycles. The third-order valence-corrected chi connectivity index (χ3v) is 5.51. The van der Waals surface area contributed by atoms with Crippen LogP contribution in [0.4, 0.5) is 0 Å². The Balaban J connectivity index is 1.41. The Hall–Kier alpha value is -1.64. The van der Waals surface area contributed by atoms with E-state index in [4.69, 9.17) is 0 Å². The molecule has 22 heavy (non-hydrogen) atoms. The first-order valence-electron chi connectivity index (χ1n) is 8.26. The zero-order valence-electron chi connectivity index (χ0n) is 12.7. The predicted octanol–water partition coefficient (Wildman–Crippen LogP) is 3.58. The van der Waals surface area contributed by atoms with Gasteiger partial charge in [0.25, 0.3) is 0 Å². The van der Waals surface area contributed by atoms with Gasteiger partial charge in [0.1, 0.15) is 0 Å². The normalized spacial score (nSPS) is 29.4. The van der Waals surface area contributed by atoms with Crippen LogP contribution in [0.1, 0.15) is 47.3 Å². The summed E-state index contributed by atoms with van der Waals surface area (Å²) in [5.41, 5.74) is 4.77. The molecule has 0 bridgehead atoms. The minimum Gasteiger partial charge on any atom is -0.388 e. The molecule has 4 unspecified atom stereocenters. The van der Waals surface area contributed by atoms with Gasteiger partial charge in [-0.2, -0.15) is 0 Å². The Kier molecular flexibility index (Phi) is 3.51. The van der Waals surface area contributed by atoms with Crippen LogP contribution >= 0.6 is 0 Å². The first-order chi connectivity index (χ1) is 10.7. The lowest BCUT2D eigenvalue weighted by Gasteiger charge is -2.19. The molecule has 0 fully saturated rings. The predicted molar refractivity (Wildman–Crippen MR) is 86.4 cm³/mol. The quantitative estimate of drug-likeness (QED) is 0.908. The van der Waals surface area contributed by atoms with Crippen LogP contribution < -0.4 is 0 Å². The van der Waals surface area contributed by atoms with E-state index in [1.165, 1.54) is 11.1 Å². The van der Waals surface area contributed by atoms with E-state index in [2.05, 4.69) is 12.1 Å². The molecule has 4 atom stereocenters. The first-order valence-corrected chi connectivity index (χ1v) is 8.26. The summed E-state index contributed by atoms with van der Waals surface area (Å²) in [6.07, 6.45) is 3.21. The smallest absolute Gasteiger partial charge is 0.0824 e. The van der Waals surface area contributed by atoms with Gasteiger partial charge in [-0.15, -0.1) is 0 Å². The second-order valence-electron chi connectivity index (χ2n) is 6.79. The maximum Gasteiger partial charge on any atom is 0.0824 e. The standard InChI is InChI=1S/C20H22O2/c21-19-15(11-13-5-1-3-7-17(13)19)9-10-16-12-14-6-2-4-8-18(14)20(16)22/h1-8,15-16,19-22H,9-12H2. The van der Waals surface area contributed by atoms with Crippen molar-refractivity contribution in [1.29, 1.82) is 0 Å². The van der Waals surface area contributed by atoms with Gasteiger partial charge in [0, 0.05) is 0 Å². The lowest BCUT2D eigenvalue weighted by Crippen LogP contribution is -2.13. The van der Waals surface area contributed by atoms with Crippen molar-refractivity contribution in [2.75, 3.05) is 0 Å². The van der Waals surface area contributed by atoms with Gasteiger partial charge in [-0.1, -0.05) is 48.5 Å². The highest BCUT2D eigenvalue weighted by Gasteiger charge is 2.34. The average molecular weight is 294 g/mol. The highest BCUT2D eigenvalue weighted by atomic mass is 16.3. The molecule has 0 amide bonds. The summed E-state index contributed by atoms with van der Waals surface area (Å²) in [7, 11) is 0. The fourth-order valence-corrected chi connectivity index (χ4v) is 4.26. The second-order valence-corrected chi connectivity index (χ2v) is 6.79. The van der Waals surface area contributed by atoms with Gasteiger partial charge >= 0.3 is 0 Å². The molecule has 2 aromatic rings. The molecule has 4 rings (SSSR count). The molecule has 0 saturated carbocycles. The Morgan fingerprint density at radius 2 is 1.09 bits per heavy atom. The summed E-state index contributed by atoms with van der Waals surface area (Å²) in [5.74, 6) is 0.599. The molecule has 0 radical (unpaired) electrons. The highest BCUT2D eigenvalue weighted by Crippen LogP contribution is 2.43. The van der Waals surface area contributed by atoms with Crippen LogP contribution in [0.25, 0.3) is 0 Å². The van der Waals surface area contributed by atoms with Crippen molar-refractivity contribution < 1.29 is 10.2 Å². The number of hydrogen-bond acceptors (Lipinski definition) is 2. The van der Waals surface area contributed by atoms with E-state index in [1.807, 2.05) is 36.4 Å². The van der Waals surface area contributed by atoms with Gasteiger partial charge in [-0.25, -0.2) is 0 Å². The average Bonchev–Trinajstić information content (AvgIpc) is 3.04. The van der Waals surface area contributed by atoms with Crippen LogP contribution in [-0.2, 0) is 12.8 Å². The Morgan fingerprint density at radius 1 is 0.682 bits per heavy atom. The SMILES string of the molecule is OC1c2ccccc2CC1CCC1Cc2ccccc2C1O. The van der Waals surface area contributed by atoms with Crippen molar-refractivity contribution in [3.8, 4) is 0 Å². The summed E-state index contributed by atoms with van der Waals surface area (Å²) in [5, 5.41) is 21.0. The molecule has 2 aliphatic carbocycles. The molecule has 2 N–H and O–H groups in total. The fraction of sp³-hybridized carbons (Fsp3) is 0.400. The van der Waals surface area contributed by atoms with Crippen molar-refractivity contribution >= 4 is 0 Å². The van der Waals surface area contributed by atoms with Crippen LogP contribution in [0, 0.1) is 11.8 Å². The zero-order valence-corrected chi connectivity index (χ0v) is 12.7. The van der Waals surface area contributed by atoms with E-state index in [0.29, 0.717) is 11.8 Å². The minimum atomic E-state index is -0.336. The number of hydrogen-bond donors (Lipinski definition) is 2. The lowest BCUT2D eigenvalue weighted by molar-refractivity contribution is 0.0890.